The van der Waals surface area contributed by atoms with Crippen LogP contribution in [0.5, 0.6) is 0 Å². The third kappa shape index (κ3) is 2.34. The summed E-state index contributed by atoms with van der Waals surface area (Å²) in [6.45, 7) is 0. The number of hydrogen-bond acceptors (Lipinski definition) is 1. The van der Waals surface area contributed by atoms with E-state index in [4.69, 9.17) is 11.6 Å². The molecule has 13 heavy (non-hydrogen) atoms. The van der Waals surface area contributed by atoms with Crippen molar-refractivity contribution < 1.29 is 13.2 Å². The quantitative estimate of drug-likeness (QED) is 0.592. The van der Waals surface area contributed by atoms with E-state index in [2.05, 4.69) is 20.9 Å². The smallest absolute Gasteiger partial charge is 0.217 e. The Morgan fingerprint density at radius 2 is 2.15 bits per heavy atom. The Bertz CT molecular complexity index is 319. The number of pyridine rings is 1. The van der Waals surface area contributed by atoms with Crippen molar-refractivity contribution >= 4 is 27.5 Å². The van der Waals surface area contributed by atoms with Crippen molar-refractivity contribution in [3.63, 3.8) is 0 Å². The number of aromatic nitrogens is 1. The summed E-state index contributed by atoms with van der Waals surface area (Å²) < 4.78 is 37.1. The van der Waals surface area contributed by atoms with Crippen LogP contribution in [-0.2, 0) is 5.33 Å². The van der Waals surface area contributed by atoms with Gasteiger partial charge >= 0.3 is 0 Å². The minimum absolute atomic E-state index is 0.166. The van der Waals surface area contributed by atoms with Gasteiger partial charge in [0.15, 0.2) is 0 Å². The maximum absolute atomic E-state index is 12.7. The fourth-order valence-corrected chi connectivity index (χ4v) is 1.44. The summed E-state index contributed by atoms with van der Waals surface area (Å²) in [4.78, 5) is 3.06. The molecule has 0 aliphatic carbocycles. The van der Waals surface area contributed by atoms with Crippen molar-refractivity contribution in [3.05, 3.63) is 28.3 Å². The molecule has 1 heterocycles. The zero-order valence-corrected chi connectivity index (χ0v) is 8.54. The summed E-state index contributed by atoms with van der Waals surface area (Å²) in [6.07, 6.45) is -2.79. The van der Waals surface area contributed by atoms with Gasteiger partial charge in [0.1, 0.15) is 5.69 Å². The van der Waals surface area contributed by atoms with Gasteiger partial charge in [-0.15, -0.1) is 0 Å². The fraction of sp³-hybridized carbons (Fsp3) is 0.286. The number of alkyl halides is 3. The molecule has 0 unspecified atom stereocenters. The van der Waals surface area contributed by atoms with Crippen molar-refractivity contribution in [1.29, 1.82) is 0 Å². The number of rotatable bonds is 2. The molecule has 0 bridgehead atoms. The van der Waals surface area contributed by atoms with Gasteiger partial charge in [-0.05, 0) is 11.6 Å². The summed E-state index contributed by atoms with van der Waals surface area (Å²) in [6, 6.07) is 1.14. The van der Waals surface area contributed by atoms with Gasteiger partial charge in [0.2, 0.25) is 5.95 Å². The van der Waals surface area contributed by atoms with Gasteiger partial charge in [-0.3, -0.25) is 0 Å². The Morgan fingerprint density at radius 1 is 1.54 bits per heavy atom. The lowest BCUT2D eigenvalue weighted by molar-refractivity contribution is 0.144. The molecule has 0 aromatic carbocycles. The van der Waals surface area contributed by atoms with E-state index in [-0.39, 0.29) is 15.9 Å². The normalized spacial score (nSPS) is 10.9. The predicted molar refractivity (Wildman–Crippen MR) is 46.8 cm³/mol. The van der Waals surface area contributed by atoms with Crippen molar-refractivity contribution in [2.45, 2.75) is 11.8 Å². The van der Waals surface area contributed by atoms with Crippen LogP contribution < -0.4 is 0 Å². The maximum atomic E-state index is 12.7. The molecular weight excluding hydrogens is 270 g/mol. The van der Waals surface area contributed by atoms with E-state index in [1.807, 2.05) is 0 Å². The van der Waals surface area contributed by atoms with E-state index in [1.54, 1.807) is 0 Å². The van der Waals surface area contributed by atoms with Gasteiger partial charge in [0, 0.05) is 5.33 Å². The Labute approximate surface area is 86.0 Å². The third-order valence-corrected chi connectivity index (χ3v) is 2.27. The fourth-order valence-electron chi connectivity index (χ4n) is 0.813. The molecule has 1 aromatic heterocycles. The Balaban J connectivity index is 3.25. The average Bonchev–Trinajstić information content (AvgIpc) is 2.08. The molecule has 0 aliphatic rings. The van der Waals surface area contributed by atoms with Crippen LogP contribution in [-0.4, -0.2) is 4.98 Å². The van der Waals surface area contributed by atoms with Crippen LogP contribution in [0.25, 0.3) is 0 Å². The minimum atomic E-state index is -2.79. The monoisotopic (exact) mass is 273 g/mol. The van der Waals surface area contributed by atoms with Crippen LogP contribution >= 0.6 is 27.5 Å². The molecule has 0 saturated heterocycles. The van der Waals surface area contributed by atoms with Crippen molar-refractivity contribution in [3.8, 4) is 0 Å². The molecule has 72 valence electrons. The molecule has 0 amide bonds. The molecule has 0 N–H and O–H groups in total. The summed E-state index contributed by atoms with van der Waals surface area (Å²) in [7, 11) is 0. The highest BCUT2D eigenvalue weighted by Crippen LogP contribution is 2.26. The lowest BCUT2D eigenvalue weighted by Gasteiger charge is -2.05. The Hall–Kier alpha value is -0.290. The van der Waals surface area contributed by atoms with E-state index in [0.717, 1.165) is 6.07 Å². The largest absolute Gasteiger partial charge is 0.280 e. The second kappa shape index (κ2) is 4.28. The first-order chi connectivity index (χ1) is 6.06. The van der Waals surface area contributed by atoms with E-state index in [0.29, 0.717) is 0 Å². The van der Waals surface area contributed by atoms with E-state index < -0.39 is 18.1 Å². The van der Waals surface area contributed by atoms with Crippen LogP contribution in [0.2, 0.25) is 5.02 Å². The predicted octanol–water partition coefficient (Wildman–Crippen LogP) is 3.71. The van der Waals surface area contributed by atoms with Crippen LogP contribution in [0.4, 0.5) is 13.2 Å². The van der Waals surface area contributed by atoms with Gasteiger partial charge in [-0.2, -0.15) is 4.39 Å². The minimum Gasteiger partial charge on any atom is -0.217 e. The van der Waals surface area contributed by atoms with Crippen molar-refractivity contribution in [2.24, 2.45) is 0 Å². The summed E-state index contributed by atoms with van der Waals surface area (Å²) in [5, 5.41) is -0.0847. The molecule has 1 aromatic rings. The van der Waals surface area contributed by atoms with Gasteiger partial charge in [-0.1, -0.05) is 27.5 Å². The van der Waals surface area contributed by atoms with Crippen LogP contribution in [0.15, 0.2) is 6.07 Å². The highest BCUT2D eigenvalue weighted by atomic mass is 79.9. The third-order valence-electron chi connectivity index (χ3n) is 1.40. The number of nitrogens with zero attached hydrogens (tertiary/aromatic N) is 1. The molecule has 0 radical (unpaired) electrons. The molecule has 1 nitrogen and oxygen atoms in total. The molecule has 1 rings (SSSR count). The van der Waals surface area contributed by atoms with Crippen molar-refractivity contribution in [1.82, 2.24) is 4.98 Å². The summed E-state index contributed by atoms with van der Waals surface area (Å²) in [5.74, 6) is -1.07. The summed E-state index contributed by atoms with van der Waals surface area (Å²) in [5.41, 5.74) is -0.375. The first-order valence-corrected chi connectivity index (χ1v) is 4.75. The van der Waals surface area contributed by atoms with Crippen molar-refractivity contribution in [2.75, 3.05) is 0 Å². The molecule has 0 spiro atoms. The Morgan fingerprint density at radius 3 is 2.62 bits per heavy atom. The van der Waals surface area contributed by atoms with E-state index in [1.165, 1.54) is 0 Å². The molecule has 0 fully saturated rings. The Kier molecular flexibility index (Phi) is 3.55. The summed E-state index contributed by atoms with van der Waals surface area (Å²) >= 11 is 8.35. The van der Waals surface area contributed by atoms with E-state index >= 15 is 0 Å². The lowest BCUT2D eigenvalue weighted by Crippen LogP contribution is -1.99. The first-order valence-electron chi connectivity index (χ1n) is 3.25. The molecule has 0 aliphatic heterocycles. The highest BCUT2D eigenvalue weighted by molar-refractivity contribution is 9.08. The molecule has 0 atom stereocenters. The zero-order chi connectivity index (χ0) is 10.0. The van der Waals surface area contributed by atoms with Crippen LogP contribution in [0.1, 0.15) is 17.7 Å². The van der Waals surface area contributed by atoms with Gasteiger partial charge < -0.3 is 0 Å². The molecular formula is C7H4BrClF3N. The average molecular weight is 274 g/mol. The number of halogens is 5. The first kappa shape index (κ1) is 10.8. The SMILES string of the molecule is Fc1nc(C(F)F)c(CBr)cc1Cl. The highest BCUT2D eigenvalue weighted by Gasteiger charge is 2.17. The second-order valence-corrected chi connectivity index (χ2v) is 3.21. The van der Waals surface area contributed by atoms with Gasteiger partial charge in [0.25, 0.3) is 6.43 Å². The number of hydrogen-bond donors (Lipinski definition) is 0. The lowest BCUT2D eigenvalue weighted by atomic mass is 10.2. The van der Waals surface area contributed by atoms with Crippen LogP contribution in [0.3, 0.4) is 0 Å². The van der Waals surface area contributed by atoms with E-state index in [9.17, 15) is 13.2 Å². The molecule has 0 saturated carbocycles. The van der Waals surface area contributed by atoms with Gasteiger partial charge in [-0.25, -0.2) is 13.8 Å². The zero-order valence-electron chi connectivity index (χ0n) is 6.20. The van der Waals surface area contributed by atoms with Crippen LogP contribution in [0, 0.1) is 5.95 Å². The topological polar surface area (TPSA) is 12.9 Å². The second-order valence-electron chi connectivity index (χ2n) is 2.24. The standard InChI is InChI=1S/C7H4BrClF3N/c8-2-3-1-4(9)7(12)13-5(3)6(10)11/h1,6H,2H2. The van der Waals surface area contributed by atoms with Gasteiger partial charge in [0.05, 0.1) is 5.02 Å². The molecule has 6 heteroatoms. The maximum Gasteiger partial charge on any atom is 0.280 e.